The van der Waals surface area contributed by atoms with Gasteiger partial charge in [0.1, 0.15) is 0 Å². The second-order valence-corrected chi connectivity index (χ2v) is 7.50. The van der Waals surface area contributed by atoms with E-state index < -0.39 is 0 Å². The minimum atomic E-state index is 0.298. The molecule has 3 nitrogen and oxygen atoms in total. The Bertz CT molecular complexity index is 278. The zero-order valence-electron chi connectivity index (χ0n) is 16.5. The van der Waals surface area contributed by atoms with E-state index in [1.807, 2.05) is 0 Å². The second kappa shape index (κ2) is 14.6. The molecule has 2 amide bonds. The highest BCUT2D eigenvalue weighted by Crippen LogP contribution is 2.14. The highest BCUT2D eigenvalue weighted by atomic mass is 16.2. The highest BCUT2D eigenvalue weighted by molar-refractivity contribution is 5.76. The van der Waals surface area contributed by atoms with Gasteiger partial charge < -0.3 is 9.80 Å². The van der Waals surface area contributed by atoms with Gasteiger partial charge in [-0.15, -0.1) is 0 Å². The quantitative estimate of drug-likeness (QED) is 0.306. The van der Waals surface area contributed by atoms with Gasteiger partial charge in [0.25, 0.3) is 0 Å². The maximum atomic E-state index is 12.4. The van der Waals surface area contributed by atoms with Crippen LogP contribution in [0.4, 0.5) is 4.79 Å². The summed E-state index contributed by atoms with van der Waals surface area (Å²) in [5.74, 6) is 0. The summed E-state index contributed by atoms with van der Waals surface area (Å²) in [7, 11) is 0. The van der Waals surface area contributed by atoms with Crippen LogP contribution in [0, 0.1) is 0 Å². The van der Waals surface area contributed by atoms with Crippen molar-refractivity contribution >= 4 is 6.03 Å². The maximum absolute atomic E-state index is 12.4. The van der Waals surface area contributed by atoms with Gasteiger partial charge in [-0.2, -0.15) is 0 Å². The van der Waals surface area contributed by atoms with Crippen molar-refractivity contribution in [3.05, 3.63) is 0 Å². The van der Waals surface area contributed by atoms with Crippen molar-refractivity contribution < 1.29 is 4.79 Å². The molecule has 0 saturated carbocycles. The van der Waals surface area contributed by atoms with E-state index in [4.69, 9.17) is 0 Å². The molecule has 3 heteroatoms. The van der Waals surface area contributed by atoms with E-state index in [9.17, 15) is 4.79 Å². The van der Waals surface area contributed by atoms with Gasteiger partial charge in [0.2, 0.25) is 0 Å². The molecule has 1 heterocycles. The number of carbonyl (C=O) groups is 1. The van der Waals surface area contributed by atoms with E-state index in [2.05, 4.69) is 23.6 Å². The van der Waals surface area contributed by atoms with Crippen LogP contribution in [-0.4, -0.2) is 42.0 Å². The third-order valence-corrected chi connectivity index (χ3v) is 5.24. The fraction of sp³-hybridized carbons (Fsp3) is 0.952. The van der Waals surface area contributed by atoms with Crippen LogP contribution in [0.25, 0.3) is 0 Å². The van der Waals surface area contributed by atoms with Crippen LogP contribution in [0.15, 0.2) is 0 Å². The van der Waals surface area contributed by atoms with Gasteiger partial charge in [-0.25, -0.2) is 4.79 Å². The van der Waals surface area contributed by atoms with Crippen molar-refractivity contribution in [3.8, 4) is 0 Å². The van der Waals surface area contributed by atoms with Gasteiger partial charge in [-0.1, -0.05) is 90.9 Å². The lowest BCUT2D eigenvalue weighted by molar-refractivity contribution is 0.190. The molecule has 0 aromatic carbocycles. The number of rotatable bonds is 16. The van der Waals surface area contributed by atoms with Gasteiger partial charge in [0, 0.05) is 26.2 Å². The molecule has 0 N–H and O–H groups in total. The number of amides is 2. The first kappa shape index (κ1) is 21.3. The monoisotopic (exact) mass is 338 g/mol. The standard InChI is InChI=1S/C21H42N2O/c1-3-5-7-9-11-13-15-17-22-19-20-23(21(22)24)18-16-14-12-10-8-6-4-2/h3-20H2,1-2H3. The summed E-state index contributed by atoms with van der Waals surface area (Å²) in [4.78, 5) is 16.5. The van der Waals surface area contributed by atoms with Gasteiger partial charge in [0.15, 0.2) is 0 Å². The molecule has 1 aliphatic rings. The Morgan fingerprint density at radius 3 is 1.29 bits per heavy atom. The normalized spacial score (nSPS) is 14.8. The first-order valence-electron chi connectivity index (χ1n) is 10.8. The molecule has 0 aromatic heterocycles. The van der Waals surface area contributed by atoms with E-state index in [1.165, 1.54) is 89.9 Å². The number of carbonyl (C=O) groups excluding carboxylic acids is 1. The van der Waals surface area contributed by atoms with Gasteiger partial charge in [-0.05, 0) is 12.8 Å². The summed E-state index contributed by atoms with van der Waals surface area (Å²) in [6.45, 7) is 8.37. The predicted octanol–water partition coefficient (Wildman–Crippen LogP) is 6.23. The van der Waals surface area contributed by atoms with Crippen molar-refractivity contribution in [2.24, 2.45) is 0 Å². The lowest BCUT2D eigenvalue weighted by Crippen LogP contribution is -2.33. The molecule has 0 atom stereocenters. The molecule has 24 heavy (non-hydrogen) atoms. The fourth-order valence-corrected chi connectivity index (χ4v) is 3.57. The Morgan fingerprint density at radius 1 is 0.583 bits per heavy atom. The lowest BCUT2D eigenvalue weighted by Gasteiger charge is -2.18. The Morgan fingerprint density at radius 2 is 0.917 bits per heavy atom. The molecule has 0 aromatic rings. The predicted molar refractivity (Wildman–Crippen MR) is 105 cm³/mol. The van der Waals surface area contributed by atoms with Crippen LogP contribution in [0.1, 0.15) is 104 Å². The molecule has 1 fully saturated rings. The van der Waals surface area contributed by atoms with Gasteiger partial charge in [-0.3, -0.25) is 0 Å². The molecular weight excluding hydrogens is 296 g/mol. The Balaban J connectivity index is 1.98. The molecule has 1 saturated heterocycles. The van der Waals surface area contributed by atoms with Crippen molar-refractivity contribution in [3.63, 3.8) is 0 Å². The Labute approximate surface area is 151 Å². The van der Waals surface area contributed by atoms with Crippen LogP contribution in [0.2, 0.25) is 0 Å². The summed E-state index contributed by atoms with van der Waals surface area (Å²) >= 11 is 0. The van der Waals surface area contributed by atoms with Crippen LogP contribution >= 0.6 is 0 Å². The summed E-state index contributed by atoms with van der Waals surface area (Å²) in [6.07, 6.45) is 18.5. The smallest absolute Gasteiger partial charge is 0.320 e. The van der Waals surface area contributed by atoms with Crippen molar-refractivity contribution in [2.45, 2.75) is 104 Å². The summed E-state index contributed by atoms with van der Waals surface area (Å²) < 4.78 is 0. The second-order valence-electron chi connectivity index (χ2n) is 7.50. The lowest BCUT2D eigenvalue weighted by atomic mass is 10.1. The van der Waals surface area contributed by atoms with E-state index in [1.54, 1.807) is 0 Å². The first-order chi connectivity index (χ1) is 11.8. The third kappa shape index (κ3) is 9.54. The number of nitrogens with zero attached hydrogens (tertiary/aromatic N) is 2. The van der Waals surface area contributed by atoms with Crippen molar-refractivity contribution in [2.75, 3.05) is 26.2 Å². The molecule has 1 aliphatic heterocycles. The summed E-state index contributed by atoms with van der Waals surface area (Å²) in [6, 6.07) is 0.298. The van der Waals surface area contributed by atoms with Gasteiger partial charge >= 0.3 is 6.03 Å². The van der Waals surface area contributed by atoms with Crippen LogP contribution in [0.5, 0.6) is 0 Å². The molecular formula is C21H42N2O. The molecule has 0 radical (unpaired) electrons. The van der Waals surface area contributed by atoms with E-state index in [0.29, 0.717) is 6.03 Å². The third-order valence-electron chi connectivity index (χ3n) is 5.24. The van der Waals surface area contributed by atoms with Gasteiger partial charge in [0.05, 0.1) is 0 Å². The zero-order valence-corrected chi connectivity index (χ0v) is 16.5. The first-order valence-corrected chi connectivity index (χ1v) is 10.8. The number of hydrogen-bond donors (Lipinski definition) is 0. The average Bonchev–Trinajstić information content (AvgIpc) is 2.93. The minimum absolute atomic E-state index is 0.298. The molecule has 142 valence electrons. The fourth-order valence-electron chi connectivity index (χ4n) is 3.57. The number of unbranched alkanes of at least 4 members (excludes halogenated alkanes) is 12. The minimum Gasteiger partial charge on any atom is -0.323 e. The molecule has 0 bridgehead atoms. The molecule has 0 spiro atoms. The van der Waals surface area contributed by atoms with Crippen LogP contribution < -0.4 is 0 Å². The average molecular weight is 339 g/mol. The van der Waals surface area contributed by atoms with Crippen molar-refractivity contribution in [1.82, 2.24) is 9.80 Å². The SMILES string of the molecule is CCCCCCCCCN1CCN(CCCCCCCCC)C1=O. The molecule has 0 aliphatic carbocycles. The van der Waals surface area contributed by atoms with Crippen molar-refractivity contribution in [1.29, 1.82) is 0 Å². The van der Waals surface area contributed by atoms with Crippen LogP contribution in [-0.2, 0) is 0 Å². The highest BCUT2D eigenvalue weighted by Gasteiger charge is 2.26. The Kier molecular flexibility index (Phi) is 13.0. The summed E-state index contributed by atoms with van der Waals surface area (Å²) in [5.41, 5.74) is 0. The largest absolute Gasteiger partial charge is 0.323 e. The Hall–Kier alpha value is -0.730. The number of hydrogen-bond acceptors (Lipinski definition) is 1. The zero-order chi connectivity index (χ0) is 17.5. The number of urea groups is 1. The topological polar surface area (TPSA) is 23.6 Å². The molecule has 0 unspecified atom stereocenters. The van der Waals surface area contributed by atoms with E-state index >= 15 is 0 Å². The maximum Gasteiger partial charge on any atom is 0.320 e. The molecule has 1 rings (SSSR count). The summed E-state index contributed by atoms with van der Waals surface area (Å²) in [5, 5.41) is 0. The van der Waals surface area contributed by atoms with E-state index in [0.717, 1.165) is 26.2 Å². The van der Waals surface area contributed by atoms with Crippen LogP contribution in [0.3, 0.4) is 0 Å². The van der Waals surface area contributed by atoms with E-state index in [-0.39, 0.29) is 0 Å².